The van der Waals surface area contributed by atoms with Crippen LogP contribution in [-0.4, -0.2) is 32.7 Å². The van der Waals surface area contributed by atoms with Crippen LogP contribution in [0.3, 0.4) is 0 Å². The fraction of sp³-hybridized carbons (Fsp3) is 0.450. The lowest BCUT2D eigenvalue weighted by atomic mass is 10.0. The third-order valence-corrected chi connectivity index (χ3v) is 6.98. The summed E-state index contributed by atoms with van der Waals surface area (Å²) in [5.41, 5.74) is 1.79. The van der Waals surface area contributed by atoms with E-state index in [4.69, 9.17) is 0 Å². The van der Waals surface area contributed by atoms with Crippen molar-refractivity contribution in [2.45, 2.75) is 30.9 Å². The number of nitrogens with zero attached hydrogens (tertiary/aromatic N) is 1. The van der Waals surface area contributed by atoms with E-state index in [-0.39, 0.29) is 35.1 Å². The molecule has 9 heteroatoms. The maximum atomic E-state index is 14.3. The van der Waals surface area contributed by atoms with Gasteiger partial charge in [-0.1, -0.05) is 15.9 Å². The van der Waals surface area contributed by atoms with Crippen LogP contribution < -0.4 is 15.6 Å². The molecule has 0 saturated heterocycles. The number of nitrogens with one attached hydrogen (secondary N) is 2. The van der Waals surface area contributed by atoms with Crippen LogP contribution in [0.15, 0.2) is 33.7 Å². The van der Waals surface area contributed by atoms with Crippen molar-refractivity contribution >= 4 is 44.9 Å². The molecule has 4 N–H and O–H groups in total. The van der Waals surface area contributed by atoms with Crippen LogP contribution in [0, 0.1) is 18.7 Å². The summed E-state index contributed by atoms with van der Waals surface area (Å²) in [6.07, 6.45) is 4.35. The molecule has 1 aromatic carbocycles. The molecule has 1 saturated carbocycles. The van der Waals surface area contributed by atoms with Crippen molar-refractivity contribution < 1.29 is 14.6 Å². The number of halogens is 2. The summed E-state index contributed by atoms with van der Waals surface area (Å²) in [7, 11) is 1.68. The Labute approximate surface area is 181 Å². The maximum absolute atomic E-state index is 14.3. The van der Waals surface area contributed by atoms with E-state index >= 15 is 0 Å². The first-order valence-corrected chi connectivity index (χ1v) is 11.0. The largest absolute Gasteiger partial charge is 0.396 e. The first kappa shape index (κ1) is 22.1. The highest BCUT2D eigenvalue weighted by Gasteiger charge is 2.45. The zero-order chi connectivity index (χ0) is 21.2. The van der Waals surface area contributed by atoms with Crippen LogP contribution in [0.25, 0.3) is 0 Å². The van der Waals surface area contributed by atoms with Crippen LogP contribution >= 0.6 is 27.9 Å². The first-order chi connectivity index (χ1) is 13.8. The quantitative estimate of drug-likeness (QED) is 0.402. The number of rotatable bonds is 9. The Hall–Kier alpha value is -1.55. The molecule has 1 aliphatic carbocycles. The van der Waals surface area contributed by atoms with E-state index in [1.807, 2.05) is 0 Å². The van der Waals surface area contributed by atoms with Gasteiger partial charge in [0, 0.05) is 47.2 Å². The van der Waals surface area contributed by atoms with Gasteiger partial charge in [-0.25, -0.2) is 4.39 Å². The van der Waals surface area contributed by atoms with E-state index < -0.39 is 5.82 Å². The minimum Gasteiger partial charge on any atom is -0.396 e. The summed E-state index contributed by atoms with van der Waals surface area (Å²) in [5, 5.41) is 21.8. The first-order valence-electron chi connectivity index (χ1n) is 9.36. The van der Waals surface area contributed by atoms with Gasteiger partial charge in [-0.15, -0.1) is 0 Å². The maximum Gasteiger partial charge on any atom is 0.255 e. The van der Waals surface area contributed by atoms with Crippen LogP contribution in [0.2, 0.25) is 0 Å². The van der Waals surface area contributed by atoms with Crippen LogP contribution in [0.4, 0.5) is 21.5 Å². The van der Waals surface area contributed by atoms with E-state index in [9.17, 15) is 19.4 Å². The van der Waals surface area contributed by atoms with E-state index in [0.717, 1.165) is 12.8 Å². The number of benzene rings is 1. The molecule has 0 atom stereocenters. The highest BCUT2D eigenvalue weighted by Crippen LogP contribution is 2.53. The molecule has 0 unspecified atom stereocenters. The van der Waals surface area contributed by atoms with Crippen LogP contribution in [0.1, 0.15) is 24.8 Å². The van der Waals surface area contributed by atoms with Gasteiger partial charge in [-0.2, -0.15) is 0 Å². The molecule has 0 radical (unpaired) electrons. The van der Waals surface area contributed by atoms with E-state index in [1.165, 1.54) is 22.6 Å². The Balaban J connectivity index is 1.85. The predicted molar refractivity (Wildman–Crippen MR) is 119 cm³/mol. The van der Waals surface area contributed by atoms with Gasteiger partial charge in [-0.05, 0) is 56.3 Å². The van der Waals surface area contributed by atoms with Crippen molar-refractivity contribution in [2.75, 3.05) is 23.3 Å². The monoisotopic (exact) mass is 485 g/mol. The number of pyridine rings is 1. The van der Waals surface area contributed by atoms with Gasteiger partial charge in [0.05, 0.1) is 17.1 Å². The fourth-order valence-corrected chi connectivity index (χ4v) is 4.66. The molecule has 3 rings (SSSR count). The smallest absolute Gasteiger partial charge is 0.255 e. The fourth-order valence-electron chi connectivity index (χ4n) is 3.22. The number of hydrogen-bond donors (Lipinski definition) is 4. The summed E-state index contributed by atoms with van der Waals surface area (Å²) >= 11 is 4.77. The molecule has 2 aromatic rings. The average molecular weight is 486 g/mol. The lowest BCUT2D eigenvalue weighted by Crippen LogP contribution is -2.22. The topological polar surface area (TPSA) is 86.5 Å². The molecule has 0 amide bonds. The SMILES string of the molecule is Cc1c(Nc2ccc(Br)cc2F)c(NSC2(CC(CO)CO)CC2)cn(C)c1=O. The molecular weight excluding hydrogens is 461 g/mol. The van der Waals surface area contributed by atoms with Gasteiger partial charge in [0.1, 0.15) is 5.82 Å². The Bertz CT molecular complexity index is 945. The van der Waals surface area contributed by atoms with Crippen LogP contribution in [-0.2, 0) is 7.05 Å². The molecular formula is C20H25BrFN3O3S. The zero-order valence-electron chi connectivity index (χ0n) is 16.3. The second kappa shape index (κ2) is 9.07. The zero-order valence-corrected chi connectivity index (χ0v) is 18.7. The number of aryl methyl sites for hydroxylation is 1. The normalized spacial score (nSPS) is 14.9. The van der Waals surface area contributed by atoms with Crippen molar-refractivity contribution in [1.82, 2.24) is 4.57 Å². The second-order valence-electron chi connectivity index (χ2n) is 7.53. The number of anilines is 3. The van der Waals surface area contributed by atoms with Gasteiger partial charge >= 0.3 is 0 Å². The predicted octanol–water partition coefficient (Wildman–Crippen LogP) is 3.92. The van der Waals surface area contributed by atoms with E-state index in [1.54, 1.807) is 32.3 Å². The van der Waals surface area contributed by atoms with Crippen LogP contribution in [0.5, 0.6) is 0 Å². The molecule has 6 nitrogen and oxygen atoms in total. The molecule has 1 fully saturated rings. The van der Waals surface area contributed by atoms with Crippen molar-refractivity contribution in [3.8, 4) is 0 Å². The molecule has 1 aliphatic rings. The Morgan fingerprint density at radius 2 is 2.00 bits per heavy atom. The molecule has 0 spiro atoms. The van der Waals surface area contributed by atoms with Crippen molar-refractivity contribution in [2.24, 2.45) is 13.0 Å². The number of aromatic nitrogens is 1. The van der Waals surface area contributed by atoms with Gasteiger partial charge in [0.2, 0.25) is 0 Å². The van der Waals surface area contributed by atoms with E-state index in [2.05, 4.69) is 26.0 Å². The Kier molecular flexibility index (Phi) is 6.93. The van der Waals surface area contributed by atoms with E-state index in [0.29, 0.717) is 27.8 Å². The summed E-state index contributed by atoms with van der Waals surface area (Å²) < 4.78 is 19.7. The van der Waals surface area contributed by atoms with Gasteiger partial charge < -0.3 is 24.8 Å². The summed E-state index contributed by atoms with van der Waals surface area (Å²) in [4.78, 5) is 12.4. The molecule has 0 bridgehead atoms. The Morgan fingerprint density at radius 3 is 2.59 bits per heavy atom. The minimum absolute atomic E-state index is 0.0482. The molecule has 29 heavy (non-hydrogen) atoms. The average Bonchev–Trinajstić information content (AvgIpc) is 3.46. The number of aliphatic hydroxyl groups is 2. The third kappa shape index (κ3) is 5.14. The number of hydrogen-bond acceptors (Lipinski definition) is 6. The molecule has 1 heterocycles. The highest BCUT2D eigenvalue weighted by atomic mass is 79.9. The lowest BCUT2D eigenvalue weighted by molar-refractivity contribution is 0.142. The van der Waals surface area contributed by atoms with Gasteiger partial charge in [-0.3, -0.25) is 4.79 Å². The Morgan fingerprint density at radius 1 is 1.31 bits per heavy atom. The van der Waals surface area contributed by atoms with Gasteiger partial charge in [0.15, 0.2) is 0 Å². The molecule has 158 valence electrons. The molecule has 1 aromatic heterocycles. The highest BCUT2D eigenvalue weighted by molar-refractivity contribution is 9.10. The third-order valence-electron chi connectivity index (χ3n) is 5.16. The van der Waals surface area contributed by atoms with Crippen molar-refractivity contribution in [1.29, 1.82) is 0 Å². The standard InChI is InChI=1S/C20H25BrFN3O3S/c1-12-18(23-16-4-3-14(21)7-15(16)22)17(9-25(2)19(12)28)24-29-20(5-6-20)8-13(10-26)11-27/h3-4,7,9,13,23-24,26-27H,5-6,8,10-11H2,1-2H3. The lowest BCUT2D eigenvalue weighted by Gasteiger charge is -2.22. The summed E-state index contributed by atoms with van der Waals surface area (Å²) in [5.74, 6) is -0.575. The van der Waals surface area contributed by atoms with Crippen molar-refractivity contribution in [3.05, 3.63) is 50.6 Å². The summed E-state index contributed by atoms with van der Waals surface area (Å²) in [6.45, 7) is 1.61. The second-order valence-corrected chi connectivity index (χ2v) is 9.72. The minimum atomic E-state index is -0.426. The van der Waals surface area contributed by atoms with Crippen molar-refractivity contribution in [3.63, 3.8) is 0 Å². The molecule has 0 aliphatic heterocycles. The number of aliphatic hydroxyl groups excluding tert-OH is 2. The summed E-state index contributed by atoms with van der Waals surface area (Å²) in [6, 6.07) is 4.71. The van der Waals surface area contributed by atoms with Gasteiger partial charge in [0.25, 0.3) is 5.56 Å².